The maximum Gasteiger partial charge on any atom is 0.289 e. The molecule has 1 N–H and O–H groups in total. The van der Waals surface area contributed by atoms with Crippen LogP contribution < -0.4 is 0 Å². The van der Waals surface area contributed by atoms with Crippen LogP contribution in [0.4, 0.5) is 8.78 Å². The van der Waals surface area contributed by atoms with Crippen molar-refractivity contribution in [2.45, 2.75) is 45.7 Å². The largest absolute Gasteiger partial charge is 0.507 e. The molecule has 7 heteroatoms. The molecule has 1 amide bonds. The zero-order chi connectivity index (χ0) is 25.1. The molecule has 1 atom stereocenters. The summed E-state index contributed by atoms with van der Waals surface area (Å²) in [5, 5.41) is 10.1. The van der Waals surface area contributed by atoms with Gasteiger partial charge in [0.25, 0.3) is 5.91 Å². The molecule has 1 fully saturated rings. The molecule has 4 rings (SSSR count). The topological polar surface area (TPSA) is 56.9 Å². The van der Waals surface area contributed by atoms with E-state index in [1.807, 2.05) is 26.0 Å². The highest BCUT2D eigenvalue weighted by Gasteiger charge is 2.33. The lowest BCUT2D eigenvalue weighted by Gasteiger charge is -2.40. The van der Waals surface area contributed by atoms with Gasteiger partial charge in [-0.25, -0.2) is 8.78 Å². The number of benzene rings is 2. The van der Waals surface area contributed by atoms with Crippen molar-refractivity contribution in [2.75, 3.05) is 20.1 Å². The molecule has 0 unspecified atom stereocenters. The van der Waals surface area contributed by atoms with Crippen LogP contribution in [-0.2, 0) is 13.0 Å². The number of likely N-dealkylation sites (tertiary alicyclic amines) is 1. The second-order valence-electron chi connectivity index (χ2n) is 9.59. The third-order valence-corrected chi connectivity index (χ3v) is 7.13. The molecule has 1 aliphatic heterocycles. The summed E-state index contributed by atoms with van der Waals surface area (Å²) in [6, 6.07) is 10.7. The van der Waals surface area contributed by atoms with E-state index in [-0.39, 0.29) is 23.6 Å². The predicted molar refractivity (Wildman–Crippen MR) is 130 cm³/mol. The van der Waals surface area contributed by atoms with Crippen LogP contribution in [0.15, 0.2) is 53.1 Å². The van der Waals surface area contributed by atoms with Crippen molar-refractivity contribution in [2.24, 2.45) is 5.92 Å². The molecule has 0 bridgehead atoms. The maximum absolute atomic E-state index is 14.5. The van der Waals surface area contributed by atoms with Gasteiger partial charge in [0.2, 0.25) is 0 Å². The van der Waals surface area contributed by atoms with E-state index in [0.717, 1.165) is 55.2 Å². The summed E-state index contributed by atoms with van der Waals surface area (Å²) in [5.41, 5.74) is 3.29. The second-order valence-corrected chi connectivity index (χ2v) is 9.59. The molecule has 2 heterocycles. The Balaban J connectivity index is 1.49. The third-order valence-electron chi connectivity index (χ3n) is 7.13. The first-order valence-corrected chi connectivity index (χ1v) is 12.0. The van der Waals surface area contributed by atoms with Crippen molar-refractivity contribution < 1.29 is 23.1 Å². The number of furan rings is 1. The van der Waals surface area contributed by atoms with Gasteiger partial charge < -0.3 is 14.4 Å². The highest BCUT2D eigenvalue weighted by atomic mass is 19.1. The lowest BCUT2D eigenvalue weighted by atomic mass is 9.84. The number of piperidine rings is 1. The van der Waals surface area contributed by atoms with E-state index >= 15 is 0 Å². The van der Waals surface area contributed by atoms with Gasteiger partial charge in [-0.05, 0) is 92.6 Å². The number of phenolic OH excluding ortho intramolecular Hbond substituents is 1. The zero-order valence-electron chi connectivity index (χ0n) is 20.4. The Bertz CT molecular complexity index is 1150. The van der Waals surface area contributed by atoms with Gasteiger partial charge in [-0.2, -0.15) is 0 Å². The summed E-state index contributed by atoms with van der Waals surface area (Å²) >= 11 is 0. The number of likely N-dealkylation sites (N-methyl/N-ethyl adjacent to an activating group) is 1. The summed E-state index contributed by atoms with van der Waals surface area (Å²) in [6.07, 6.45) is 3.45. The van der Waals surface area contributed by atoms with Crippen LogP contribution in [0.2, 0.25) is 0 Å². The molecule has 0 spiro atoms. The SMILES string of the molecule is Cc1cc(CN2CCC([C@@H](Cc3ccc(F)cc3F)N(C)C(=O)c3ccco3)CC2)cc(C)c1O. The normalized spacial score (nSPS) is 15.8. The molecule has 35 heavy (non-hydrogen) atoms. The van der Waals surface area contributed by atoms with Crippen molar-refractivity contribution in [1.29, 1.82) is 0 Å². The summed E-state index contributed by atoms with van der Waals surface area (Å²) in [6.45, 7) is 6.28. The fraction of sp³-hybridized carbons (Fsp3) is 0.393. The van der Waals surface area contributed by atoms with E-state index in [2.05, 4.69) is 4.90 Å². The quantitative estimate of drug-likeness (QED) is 0.485. The number of amides is 1. The van der Waals surface area contributed by atoms with Crippen molar-refractivity contribution >= 4 is 5.91 Å². The summed E-state index contributed by atoms with van der Waals surface area (Å²) in [5.74, 6) is -0.719. The molecule has 186 valence electrons. The Morgan fingerprint density at radius 3 is 2.43 bits per heavy atom. The van der Waals surface area contributed by atoms with E-state index in [0.29, 0.717) is 17.7 Å². The van der Waals surface area contributed by atoms with Crippen LogP contribution in [-0.4, -0.2) is 47.0 Å². The molecule has 5 nitrogen and oxygen atoms in total. The van der Waals surface area contributed by atoms with E-state index in [1.54, 1.807) is 24.1 Å². The zero-order valence-corrected chi connectivity index (χ0v) is 20.4. The molecule has 0 saturated carbocycles. The molecule has 2 aromatic carbocycles. The Morgan fingerprint density at radius 1 is 1.14 bits per heavy atom. The van der Waals surface area contributed by atoms with Crippen molar-refractivity contribution in [1.82, 2.24) is 9.80 Å². The van der Waals surface area contributed by atoms with Gasteiger partial charge in [0.05, 0.1) is 6.26 Å². The highest BCUT2D eigenvalue weighted by molar-refractivity contribution is 5.91. The monoisotopic (exact) mass is 482 g/mol. The molecule has 1 saturated heterocycles. The average molecular weight is 483 g/mol. The van der Waals surface area contributed by atoms with Crippen molar-refractivity contribution in [3.05, 3.63) is 88.4 Å². The lowest BCUT2D eigenvalue weighted by Crippen LogP contribution is -2.47. The Labute approximate surface area is 205 Å². The second kappa shape index (κ2) is 10.6. The van der Waals surface area contributed by atoms with Crippen LogP contribution in [0.1, 0.15) is 45.7 Å². The van der Waals surface area contributed by atoms with Crippen LogP contribution >= 0.6 is 0 Å². The number of rotatable bonds is 7. The third kappa shape index (κ3) is 5.73. The van der Waals surface area contributed by atoms with Gasteiger partial charge in [0.1, 0.15) is 17.4 Å². The van der Waals surface area contributed by atoms with Gasteiger partial charge >= 0.3 is 0 Å². The minimum Gasteiger partial charge on any atom is -0.507 e. The maximum atomic E-state index is 14.5. The lowest BCUT2D eigenvalue weighted by molar-refractivity contribution is 0.0554. The predicted octanol–water partition coefficient (Wildman–Crippen LogP) is 5.48. The van der Waals surface area contributed by atoms with Gasteiger partial charge in [-0.3, -0.25) is 9.69 Å². The smallest absolute Gasteiger partial charge is 0.289 e. The van der Waals surface area contributed by atoms with Crippen molar-refractivity contribution in [3.63, 3.8) is 0 Å². The van der Waals surface area contributed by atoms with E-state index < -0.39 is 11.6 Å². The molecular formula is C28H32F2N2O3. The number of hydrogen-bond donors (Lipinski definition) is 1. The Hall–Kier alpha value is -3.19. The first-order chi connectivity index (χ1) is 16.7. The summed E-state index contributed by atoms with van der Waals surface area (Å²) in [7, 11) is 1.73. The molecule has 3 aromatic rings. The van der Waals surface area contributed by atoms with E-state index in [1.165, 1.54) is 18.4 Å². The van der Waals surface area contributed by atoms with Crippen LogP contribution in [0.5, 0.6) is 5.75 Å². The molecule has 0 radical (unpaired) electrons. The average Bonchev–Trinajstić information content (AvgIpc) is 3.37. The van der Waals surface area contributed by atoms with Gasteiger partial charge in [0.15, 0.2) is 5.76 Å². The number of hydrogen-bond acceptors (Lipinski definition) is 4. The highest BCUT2D eigenvalue weighted by Crippen LogP contribution is 2.30. The number of aryl methyl sites for hydroxylation is 2. The van der Waals surface area contributed by atoms with Crippen molar-refractivity contribution in [3.8, 4) is 5.75 Å². The number of phenols is 1. The van der Waals surface area contributed by atoms with Gasteiger partial charge in [-0.1, -0.05) is 18.2 Å². The minimum atomic E-state index is -0.615. The number of aromatic hydroxyl groups is 1. The Morgan fingerprint density at radius 2 is 1.83 bits per heavy atom. The standard InChI is InChI=1S/C28H32F2N2O3/c1-18-13-20(14-19(2)27(18)33)17-32-10-8-21(9-11-32)25(15-22-6-7-23(29)16-24(22)30)31(3)28(34)26-5-4-12-35-26/h4-7,12-14,16,21,25,33H,8-11,15,17H2,1-3H3/t25-/m1/s1. The fourth-order valence-electron chi connectivity index (χ4n) is 5.15. The summed E-state index contributed by atoms with van der Waals surface area (Å²) < 4.78 is 33.3. The number of carbonyl (C=O) groups is 1. The first kappa shape index (κ1) is 24.9. The molecule has 0 aliphatic carbocycles. The van der Waals surface area contributed by atoms with E-state index in [4.69, 9.17) is 4.42 Å². The molecular weight excluding hydrogens is 450 g/mol. The summed E-state index contributed by atoms with van der Waals surface area (Å²) in [4.78, 5) is 17.1. The number of carbonyl (C=O) groups excluding carboxylic acids is 1. The first-order valence-electron chi connectivity index (χ1n) is 12.0. The van der Waals surface area contributed by atoms with Crippen LogP contribution in [0.3, 0.4) is 0 Å². The fourth-order valence-corrected chi connectivity index (χ4v) is 5.15. The van der Waals surface area contributed by atoms with Gasteiger partial charge in [-0.15, -0.1) is 0 Å². The molecule has 1 aromatic heterocycles. The minimum absolute atomic E-state index is 0.155. The van der Waals surface area contributed by atoms with Crippen LogP contribution in [0, 0.1) is 31.4 Å². The Kier molecular flexibility index (Phi) is 7.55. The van der Waals surface area contributed by atoms with Crippen LogP contribution in [0.25, 0.3) is 0 Å². The number of nitrogens with zero attached hydrogens (tertiary/aromatic N) is 2. The van der Waals surface area contributed by atoms with E-state index in [9.17, 15) is 18.7 Å². The number of halogens is 2. The van der Waals surface area contributed by atoms with Gasteiger partial charge in [0, 0.05) is 25.7 Å². The molecule has 1 aliphatic rings.